The number of carbonyl (C=O) groups is 1. The molecule has 7 heteroatoms. The number of anilines is 1. The second kappa shape index (κ2) is 7.31. The van der Waals surface area contributed by atoms with Crippen LogP contribution in [0.4, 0.5) is 5.95 Å². The van der Waals surface area contributed by atoms with E-state index < -0.39 is 0 Å². The first kappa shape index (κ1) is 17.5. The standard InChI is InChI=1S/C17H19N5OS.CH4/c1-11-5-6-13-16(19-11)22(12-3-2-4-12)17(20-13)21-14(23)7-8-15-18-9-10-24-15;/h5-6,9-10,12H,2-4,7-8H2,1H3,(H,20,21,23);1H4. The first-order chi connectivity index (χ1) is 11.7. The van der Waals surface area contributed by atoms with Crippen molar-refractivity contribution in [2.75, 3.05) is 5.32 Å². The zero-order valence-corrected chi connectivity index (χ0v) is 14.3. The van der Waals surface area contributed by atoms with Gasteiger partial charge in [0, 0.05) is 36.2 Å². The number of imidazole rings is 1. The smallest absolute Gasteiger partial charge is 0.227 e. The summed E-state index contributed by atoms with van der Waals surface area (Å²) in [5.74, 6) is 0.592. The van der Waals surface area contributed by atoms with Gasteiger partial charge in [-0.2, -0.15) is 0 Å². The summed E-state index contributed by atoms with van der Waals surface area (Å²) >= 11 is 1.58. The lowest BCUT2D eigenvalue weighted by atomic mass is 9.93. The Kier molecular flexibility index (Phi) is 5.13. The lowest BCUT2D eigenvalue weighted by molar-refractivity contribution is -0.116. The molecule has 132 valence electrons. The third-order valence-electron chi connectivity index (χ3n) is 4.42. The summed E-state index contributed by atoms with van der Waals surface area (Å²) in [7, 11) is 0. The average molecular weight is 357 g/mol. The molecular weight excluding hydrogens is 334 g/mol. The van der Waals surface area contributed by atoms with Crippen LogP contribution in [0.2, 0.25) is 0 Å². The van der Waals surface area contributed by atoms with Gasteiger partial charge in [0.05, 0.1) is 5.01 Å². The van der Waals surface area contributed by atoms with Crippen LogP contribution in [0, 0.1) is 6.92 Å². The number of thiazole rings is 1. The monoisotopic (exact) mass is 357 g/mol. The van der Waals surface area contributed by atoms with Crippen molar-refractivity contribution in [1.82, 2.24) is 19.5 Å². The van der Waals surface area contributed by atoms with Gasteiger partial charge < -0.3 is 0 Å². The first-order valence-electron chi connectivity index (χ1n) is 8.24. The molecule has 1 fully saturated rings. The van der Waals surface area contributed by atoms with Gasteiger partial charge in [-0.25, -0.2) is 15.0 Å². The molecule has 1 aliphatic rings. The Hall–Kier alpha value is -2.28. The van der Waals surface area contributed by atoms with E-state index in [-0.39, 0.29) is 13.3 Å². The summed E-state index contributed by atoms with van der Waals surface area (Å²) in [6.07, 6.45) is 6.28. The van der Waals surface area contributed by atoms with E-state index >= 15 is 0 Å². The molecule has 1 amide bonds. The molecule has 6 nitrogen and oxygen atoms in total. The van der Waals surface area contributed by atoms with Crippen molar-refractivity contribution in [3.63, 3.8) is 0 Å². The van der Waals surface area contributed by atoms with Crippen LogP contribution in [-0.4, -0.2) is 25.4 Å². The van der Waals surface area contributed by atoms with Gasteiger partial charge in [0.2, 0.25) is 11.9 Å². The number of aryl methyl sites for hydroxylation is 2. The minimum Gasteiger partial charge on any atom is -0.296 e. The normalized spacial score (nSPS) is 14.1. The molecule has 0 atom stereocenters. The predicted octanol–water partition coefficient (Wildman–Crippen LogP) is 4.13. The zero-order valence-electron chi connectivity index (χ0n) is 13.5. The average Bonchev–Trinajstić information content (AvgIpc) is 3.13. The molecule has 1 aliphatic carbocycles. The predicted molar refractivity (Wildman–Crippen MR) is 101 cm³/mol. The quantitative estimate of drug-likeness (QED) is 0.745. The fraction of sp³-hybridized carbons (Fsp3) is 0.444. The second-order valence-corrected chi connectivity index (χ2v) is 7.14. The lowest BCUT2D eigenvalue weighted by Crippen LogP contribution is -2.22. The number of fused-ring (bicyclic) bond motifs is 1. The summed E-state index contributed by atoms with van der Waals surface area (Å²) in [6.45, 7) is 1.98. The summed E-state index contributed by atoms with van der Waals surface area (Å²) < 4.78 is 2.10. The first-order valence-corrected chi connectivity index (χ1v) is 9.12. The van der Waals surface area contributed by atoms with E-state index in [4.69, 9.17) is 0 Å². The van der Waals surface area contributed by atoms with Crippen LogP contribution < -0.4 is 5.32 Å². The highest BCUT2D eigenvalue weighted by Crippen LogP contribution is 2.36. The van der Waals surface area contributed by atoms with Crippen LogP contribution in [-0.2, 0) is 11.2 Å². The van der Waals surface area contributed by atoms with E-state index in [2.05, 4.69) is 24.8 Å². The van der Waals surface area contributed by atoms with E-state index in [0.717, 1.165) is 34.7 Å². The van der Waals surface area contributed by atoms with Gasteiger partial charge in [0.25, 0.3) is 0 Å². The molecule has 0 aliphatic heterocycles. The van der Waals surface area contributed by atoms with Gasteiger partial charge in [0.15, 0.2) is 5.65 Å². The van der Waals surface area contributed by atoms with Crippen molar-refractivity contribution in [3.05, 3.63) is 34.4 Å². The van der Waals surface area contributed by atoms with Gasteiger partial charge in [-0.05, 0) is 38.3 Å². The Bertz CT molecular complexity index is 867. The van der Waals surface area contributed by atoms with Crippen LogP contribution in [0.5, 0.6) is 0 Å². The third-order valence-corrected chi connectivity index (χ3v) is 5.26. The molecule has 1 saturated carbocycles. The largest absolute Gasteiger partial charge is 0.296 e. The number of carbonyl (C=O) groups excluding carboxylic acids is 1. The Morgan fingerprint density at radius 2 is 2.20 bits per heavy atom. The number of hydrogen-bond donors (Lipinski definition) is 1. The zero-order chi connectivity index (χ0) is 16.5. The molecule has 3 aromatic rings. The van der Waals surface area contributed by atoms with E-state index in [1.54, 1.807) is 17.5 Å². The number of hydrogen-bond acceptors (Lipinski definition) is 5. The minimum absolute atomic E-state index is 0. The van der Waals surface area contributed by atoms with Crippen molar-refractivity contribution in [3.8, 4) is 0 Å². The summed E-state index contributed by atoms with van der Waals surface area (Å²) in [5, 5.41) is 5.89. The van der Waals surface area contributed by atoms with Crippen molar-refractivity contribution in [1.29, 1.82) is 0 Å². The molecule has 0 bridgehead atoms. The molecule has 3 aromatic heterocycles. The van der Waals surface area contributed by atoms with Gasteiger partial charge in [-0.15, -0.1) is 11.3 Å². The summed E-state index contributed by atoms with van der Waals surface area (Å²) in [4.78, 5) is 25.8. The van der Waals surface area contributed by atoms with Crippen LogP contribution >= 0.6 is 11.3 Å². The highest BCUT2D eigenvalue weighted by molar-refractivity contribution is 7.09. The molecular formula is C18H23N5OS. The Morgan fingerprint density at radius 3 is 2.88 bits per heavy atom. The highest BCUT2D eigenvalue weighted by atomic mass is 32.1. The molecule has 3 heterocycles. The highest BCUT2D eigenvalue weighted by Gasteiger charge is 2.26. The number of rotatable bonds is 5. The number of aromatic nitrogens is 4. The topological polar surface area (TPSA) is 72.7 Å². The van der Waals surface area contributed by atoms with E-state index in [0.29, 0.717) is 24.8 Å². The SMILES string of the molecule is C.Cc1ccc2nc(NC(=O)CCc3nccs3)n(C3CCC3)c2n1. The summed E-state index contributed by atoms with van der Waals surface area (Å²) in [6, 6.07) is 4.31. The molecule has 0 spiro atoms. The number of amides is 1. The van der Waals surface area contributed by atoms with Crippen LogP contribution in [0.1, 0.15) is 49.9 Å². The van der Waals surface area contributed by atoms with Crippen LogP contribution in [0.3, 0.4) is 0 Å². The van der Waals surface area contributed by atoms with Crippen molar-refractivity contribution in [2.45, 2.75) is 52.5 Å². The van der Waals surface area contributed by atoms with Crippen LogP contribution in [0.25, 0.3) is 11.2 Å². The maximum Gasteiger partial charge on any atom is 0.227 e. The minimum atomic E-state index is -0.0298. The molecule has 0 aromatic carbocycles. The van der Waals surface area contributed by atoms with Gasteiger partial charge in [-0.3, -0.25) is 14.7 Å². The molecule has 0 unspecified atom stereocenters. The maximum atomic E-state index is 12.3. The second-order valence-electron chi connectivity index (χ2n) is 6.16. The van der Waals surface area contributed by atoms with Crippen molar-refractivity contribution in [2.24, 2.45) is 0 Å². The lowest BCUT2D eigenvalue weighted by Gasteiger charge is -2.28. The molecule has 1 N–H and O–H groups in total. The van der Waals surface area contributed by atoms with Gasteiger partial charge in [0.1, 0.15) is 5.52 Å². The fourth-order valence-electron chi connectivity index (χ4n) is 2.93. The number of pyridine rings is 1. The number of nitrogens with one attached hydrogen (secondary N) is 1. The van der Waals surface area contributed by atoms with Gasteiger partial charge in [-0.1, -0.05) is 7.43 Å². The summed E-state index contributed by atoms with van der Waals surface area (Å²) in [5.41, 5.74) is 2.67. The Labute approximate surface area is 151 Å². The van der Waals surface area contributed by atoms with Gasteiger partial charge >= 0.3 is 0 Å². The molecule has 0 radical (unpaired) electrons. The van der Waals surface area contributed by atoms with E-state index in [9.17, 15) is 4.79 Å². The number of nitrogens with zero attached hydrogens (tertiary/aromatic N) is 4. The third kappa shape index (κ3) is 3.56. The van der Waals surface area contributed by atoms with Crippen molar-refractivity contribution >= 4 is 34.4 Å². The van der Waals surface area contributed by atoms with Crippen LogP contribution in [0.15, 0.2) is 23.7 Å². The fourth-order valence-corrected chi connectivity index (χ4v) is 3.55. The molecule has 25 heavy (non-hydrogen) atoms. The Morgan fingerprint density at radius 1 is 1.36 bits per heavy atom. The Balaban J connectivity index is 0.00000182. The van der Waals surface area contributed by atoms with Crippen molar-refractivity contribution < 1.29 is 4.79 Å². The maximum absolute atomic E-state index is 12.3. The molecule has 4 rings (SSSR count). The van der Waals surface area contributed by atoms with E-state index in [1.165, 1.54) is 6.42 Å². The molecule has 0 saturated heterocycles. The van der Waals surface area contributed by atoms with E-state index in [1.807, 2.05) is 24.4 Å².